The molecule has 1 saturated heterocycles. The maximum absolute atomic E-state index is 12.9. The Morgan fingerprint density at radius 3 is 2.71 bits per heavy atom. The van der Waals surface area contributed by atoms with Crippen LogP contribution in [-0.4, -0.2) is 68.1 Å². The number of hydrogen-bond acceptors (Lipinski definition) is 4. The average Bonchev–Trinajstić information content (AvgIpc) is 2.71. The lowest BCUT2D eigenvalue weighted by Crippen LogP contribution is -2.49. The number of carbonyl (C=O) groups is 2. The zero-order valence-electron chi connectivity index (χ0n) is 17.8. The standard InChI is InChI=1S/C22H34N2O4/c1-16(2)18-8-6-10-20(14-18)28-17(3)21(25)24-11-7-9-19(15-24)22(26)23(4)12-13-27-5/h6,8,10,14,16-17,19H,7,9,11-13,15H2,1-5H3/t17-,19-/m0/s1. The molecule has 0 saturated carbocycles. The van der Waals surface area contributed by atoms with Crippen LogP contribution in [0.5, 0.6) is 5.75 Å². The van der Waals surface area contributed by atoms with E-state index >= 15 is 0 Å². The number of methoxy groups -OCH3 is 1. The van der Waals surface area contributed by atoms with E-state index in [2.05, 4.69) is 19.9 Å². The Morgan fingerprint density at radius 2 is 2.04 bits per heavy atom. The quantitative estimate of drug-likeness (QED) is 0.685. The summed E-state index contributed by atoms with van der Waals surface area (Å²) < 4.78 is 11.0. The molecule has 1 heterocycles. The molecule has 0 aromatic heterocycles. The zero-order valence-corrected chi connectivity index (χ0v) is 17.8. The summed E-state index contributed by atoms with van der Waals surface area (Å²) in [6.45, 7) is 8.23. The number of carbonyl (C=O) groups excluding carboxylic acids is 2. The summed E-state index contributed by atoms with van der Waals surface area (Å²) in [6.07, 6.45) is 1.06. The van der Waals surface area contributed by atoms with Gasteiger partial charge in [0.15, 0.2) is 6.10 Å². The van der Waals surface area contributed by atoms with Gasteiger partial charge in [-0.05, 0) is 43.4 Å². The van der Waals surface area contributed by atoms with Crippen molar-refractivity contribution in [2.45, 2.75) is 45.6 Å². The van der Waals surface area contributed by atoms with Gasteiger partial charge in [-0.1, -0.05) is 26.0 Å². The number of nitrogens with zero attached hydrogens (tertiary/aromatic N) is 2. The molecular weight excluding hydrogens is 356 g/mol. The second-order valence-electron chi connectivity index (χ2n) is 7.86. The zero-order chi connectivity index (χ0) is 20.7. The van der Waals surface area contributed by atoms with E-state index in [-0.39, 0.29) is 17.7 Å². The second-order valence-corrected chi connectivity index (χ2v) is 7.86. The fraction of sp³-hybridized carbons (Fsp3) is 0.636. The Balaban J connectivity index is 1.95. The number of benzene rings is 1. The molecule has 0 unspecified atom stereocenters. The van der Waals surface area contributed by atoms with E-state index in [1.807, 2.05) is 18.2 Å². The lowest BCUT2D eigenvalue weighted by Gasteiger charge is -2.35. The molecule has 156 valence electrons. The van der Waals surface area contributed by atoms with Gasteiger partial charge in [0.05, 0.1) is 12.5 Å². The van der Waals surface area contributed by atoms with Crippen molar-refractivity contribution < 1.29 is 19.1 Å². The fourth-order valence-electron chi connectivity index (χ4n) is 3.49. The molecule has 1 aliphatic rings. The van der Waals surface area contributed by atoms with E-state index in [1.54, 1.807) is 30.9 Å². The summed E-state index contributed by atoms with van der Waals surface area (Å²) in [7, 11) is 3.41. The minimum Gasteiger partial charge on any atom is -0.481 e. The third kappa shape index (κ3) is 5.96. The number of piperidine rings is 1. The van der Waals surface area contributed by atoms with E-state index < -0.39 is 6.10 Å². The first-order valence-electron chi connectivity index (χ1n) is 10.1. The Morgan fingerprint density at radius 1 is 1.29 bits per heavy atom. The summed E-state index contributed by atoms with van der Waals surface area (Å²) in [5, 5.41) is 0. The molecule has 1 aliphatic heterocycles. The smallest absolute Gasteiger partial charge is 0.263 e. The van der Waals surface area contributed by atoms with Crippen LogP contribution in [-0.2, 0) is 14.3 Å². The molecule has 0 N–H and O–H groups in total. The molecule has 1 aromatic carbocycles. The van der Waals surface area contributed by atoms with Crippen molar-refractivity contribution in [3.63, 3.8) is 0 Å². The van der Waals surface area contributed by atoms with Crippen molar-refractivity contribution in [3.05, 3.63) is 29.8 Å². The summed E-state index contributed by atoms with van der Waals surface area (Å²) >= 11 is 0. The third-order valence-corrected chi connectivity index (χ3v) is 5.27. The summed E-state index contributed by atoms with van der Waals surface area (Å²) in [6, 6.07) is 7.88. The molecule has 2 amide bonds. The first-order chi connectivity index (χ1) is 13.3. The highest BCUT2D eigenvalue weighted by Crippen LogP contribution is 2.23. The molecule has 0 aliphatic carbocycles. The van der Waals surface area contributed by atoms with Gasteiger partial charge in [-0.15, -0.1) is 0 Å². The van der Waals surface area contributed by atoms with Gasteiger partial charge in [-0.25, -0.2) is 0 Å². The highest BCUT2D eigenvalue weighted by Gasteiger charge is 2.32. The van der Waals surface area contributed by atoms with Crippen LogP contribution < -0.4 is 4.74 Å². The predicted molar refractivity (Wildman–Crippen MR) is 109 cm³/mol. The largest absolute Gasteiger partial charge is 0.481 e. The minimum atomic E-state index is -0.581. The summed E-state index contributed by atoms with van der Waals surface area (Å²) in [5.41, 5.74) is 1.18. The van der Waals surface area contributed by atoms with Gasteiger partial charge in [0.2, 0.25) is 5.91 Å². The lowest BCUT2D eigenvalue weighted by atomic mass is 9.96. The molecule has 2 rings (SSSR count). The second kappa shape index (κ2) is 10.5. The molecule has 1 fully saturated rings. The first-order valence-corrected chi connectivity index (χ1v) is 10.1. The van der Waals surface area contributed by atoms with Crippen LogP contribution in [0.2, 0.25) is 0 Å². The van der Waals surface area contributed by atoms with Crippen molar-refractivity contribution in [2.24, 2.45) is 5.92 Å². The van der Waals surface area contributed by atoms with E-state index in [0.717, 1.165) is 12.8 Å². The third-order valence-electron chi connectivity index (χ3n) is 5.27. The van der Waals surface area contributed by atoms with Crippen LogP contribution in [0.1, 0.15) is 45.1 Å². The monoisotopic (exact) mass is 390 g/mol. The van der Waals surface area contributed by atoms with Crippen LogP contribution in [0.25, 0.3) is 0 Å². The van der Waals surface area contributed by atoms with Crippen LogP contribution in [0.4, 0.5) is 0 Å². The molecule has 1 aromatic rings. The predicted octanol–water partition coefficient (Wildman–Crippen LogP) is 2.92. The summed E-state index contributed by atoms with van der Waals surface area (Å²) in [4.78, 5) is 29.0. The van der Waals surface area contributed by atoms with Crippen molar-refractivity contribution in [2.75, 3.05) is 40.4 Å². The lowest BCUT2D eigenvalue weighted by molar-refractivity contribution is -0.144. The van der Waals surface area contributed by atoms with Crippen LogP contribution in [0.3, 0.4) is 0 Å². The van der Waals surface area contributed by atoms with Crippen molar-refractivity contribution >= 4 is 11.8 Å². The Kier molecular flexibility index (Phi) is 8.30. The molecule has 0 bridgehead atoms. The van der Waals surface area contributed by atoms with Gasteiger partial charge in [-0.2, -0.15) is 0 Å². The van der Waals surface area contributed by atoms with Gasteiger partial charge in [0, 0.05) is 33.8 Å². The van der Waals surface area contributed by atoms with Crippen molar-refractivity contribution in [3.8, 4) is 5.75 Å². The number of amides is 2. The maximum Gasteiger partial charge on any atom is 0.263 e. The van der Waals surface area contributed by atoms with Crippen molar-refractivity contribution in [1.82, 2.24) is 9.80 Å². The number of rotatable bonds is 8. The number of ether oxygens (including phenoxy) is 2. The molecule has 2 atom stereocenters. The minimum absolute atomic E-state index is 0.0630. The van der Waals surface area contributed by atoms with Crippen molar-refractivity contribution in [1.29, 1.82) is 0 Å². The Hall–Kier alpha value is -2.08. The molecular formula is C22H34N2O4. The fourth-order valence-corrected chi connectivity index (χ4v) is 3.49. The van der Waals surface area contributed by atoms with Gasteiger partial charge >= 0.3 is 0 Å². The van der Waals surface area contributed by atoms with E-state index in [4.69, 9.17) is 9.47 Å². The maximum atomic E-state index is 12.9. The van der Waals surface area contributed by atoms with Gasteiger partial charge in [0.25, 0.3) is 5.91 Å². The Bertz CT molecular complexity index is 662. The van der Waals surface area contributed by atoms with Crippen LogP contribution in [0.15, 0.2) is 24.3 Å². The molecule has 0 radical (unpaired) electrons. The van der Waals surface area contributed by atoms with E-state index in [1.165, 1.54) is 5.56 Å². The Labute approximate surface area is 168 Å². The molecule has 28 heavy (non-hydrogen) atoms. The van der Waals surface area contributed by atoms with E-state index in [0.29, 0.717) is 37.9 Å². The summed E-state index contributed by atoms with van der Waals surface area (Å²) in [5.74, 6) is 0.963. The molecule has 0 spiro atoms. The topological polar surface area (TPSA) is 59.1 Å². The number of likely N-dealkylation sites (tertiary alicyclic amines) is 1. The highest BCUT2D eigenvalue weighted by molar-refractivity contribution is 5.83. The molecule has 6 nitrogen and oxygen atoms in total. The average molecular weight is 391 g/mol. The highest BCUT2D eigenvalue weighted by atomic mass is 16.5. The van der Waals surface area contributed by atoms with Gasteiger partial charge < -0.3 is 19.3 Å². The number of likely N-dealkylation sites (N-methyl/N-ethyl adjacent to an activating group) is 1. The van der Waals surface area contributed by atoms with Crippen LogP contribution >= 0.6 is 0 Å². The number of hydrogen-bond donors (Lipinski definition) is 0. The van der Waals surface area contributed by atoms with Crippen LogP contribution in [0, 0.1) is 5.92 Å². The van der Waals surface area contributed by atoms with Gasteiger partial charge in [0.1, 0.15) is 5.75 Å². The first kappa shape index (κ1) is 22.2. The SMILES string of the molecule is COCCN(C)C(=O)[C@H]1CCCN(C(=O)[C@H](C)Oc2cccc(C(C)C)c2)C1. The normalized spacial score (nSPS) is 18.1. The molecule has 6 heteroatoms. The van der Waals surface area contributed by atoms with E-state index in [9.17, 15) is 9.59 Å². The van der Waals surface area contributed by atoms with Gasteiger partial charge in [-0.3, -0.25) is 9.59 Å².